The van der Waals surface area contributed by atoms with Gasteiger partial charge in [-0.2, -0.15) is 0 Å². The number of piperidine rings is 1. The zero-order chi connectivity index (χ0) is 23.6. The summed E-state index contributed by atoms with van der Waals surface area (Å²) in [6, 6.07) is 16.4. The van der Waals surface area contributed by atoms with Crippen molar-refractivity contribution in [1.82, 2.24) is 4.90 Å². The maximum Gasteiger partial charge on any atom is 0.229 e. The van der Waals surface area contributed by atoms with E-state index >= 15 is 0 Å². The molecule has 1 heterocycles. The van der Waals surface area contributed by atoms with Crippen molar-refractivity contribution in [2.45, 2.75) is 76.8 Å². The van der Waals surface area contributed by atoms with Gasteiger partial charge in [0, 0.05) is 22.0 Å². The highest BCUT2D eigenvalue weighted by Gasteiger charge is 2.50. The number of carbonyl (C=O) groups excluding carboxylic acids is 1. The molecule has 0 bridgehead atoms. The molecule has 1 unspecified atom stereocenters. The predicted molar refractivity (Wildman–Crippen MR) is 139 cm³/mol. The van der Waals surface area contributed by atoms with Gasteiger partial charge in [-0.25, -0.2) is 0 Å². The molecule has 4 heteroatoms. The molecule has 0 N–H and O–H groups in total. The predicted octanol–water partition coefficient (Wildman–Crippen LogP) is 8.60. The lowest BCUT2D eigenvalue weighted by Gasteiger charge is -2.52. The Balaban J connectivity index is 1.83. The maximum atomic E-state index is 14.2. The molecule has 0 spiro atoms. The van der Waals surface area contributed by atoms with Gasteiger partial charge in [0.2, 0.25) is 5.91 Å². The van der Waals surface area contributed by atoms with Crippen LogP contribution in [0.1, 0.15) is 81.9 Å². The van der Waals surface area contributed by atoms with E-state index in [1.807, 2.05) is 30.3 Å². The number of halogens is 2. The molecular weight excluding hydrogens is 449 g/mol. The lowest BCUT2D eigenvalue weighted by atomic mass is 9.67. The number of rotatable bonds is 9. The van der Waals surface area contributed by atoms with Crippen molar-refractivity contribution in [3.05, 3.63) is 82.4 Å². The fourth-order valence-electron chi connectivity index (χ4n) is 5.66. The molecule has 2 aromatic carbocycles. The fraction of sp³-hybridized carbons (Fsp3) is 0.483. The Morgan fingerprint density at radius 2 is 1.85 bits per heavy atom. The van der Waals surface area contributed by atoms with E-state index in [1.54, 1.807) is 0 Å². The van der Waals surface area contributed by atoms with Crippen LogP contribution in [0.25, 0.3) is 0 Å². The summed E-state index contributed by atoms with van der Waals surface area (Å²) in [5.41, 5.74) is 1.85. The second kappa shape index (κ2) is 10.2. The number of amides is 1. The van der Waals surface area contributed by atoms with Gasteiger partial charge < -0.3 is 4.90 Å². The van der Waals surface area contributed by atoms with Crippen molar-refractivity contribution in [3.63, 3.8) is 0 Å². The number of nitrogens with zero attached hydrogens (tertiary/aromatic N) is 1. The van der Waals surface area contributed by atoms with E-state index in [1.165, 1.54) is 24.8 Å². The van der Waals surface area contributed by atoms with Crippen LogP contribution in [-0.2, 0) is 4.79 Å². The molecule has 2 fully saturated rings. The normalized spacial score (nSPS) is 26.3. The number of likely N-dealkylation sites (tertiary alicyclic amines) is 1. The van der Waals surface area contributed by atoms with Crippen LogP contribution >= 0.6 is 23.2 Å². The zero-order valence-electron chi connectivity index (χ0n) is 19.8. The lowest BCUT2D eigenvalue weighted by Crippen LogP contribution is -2.55. The van der Waals surface area contributed by atoms with E-state index in [4.69, 9.17) is 23.2 Å². The third-order valence-electron chi connectivity index (χ3n) is 7.65. The summed E-state index contributed by atoms with van der Waals surface area (Å²) >= 11 is 12.7. The van der Waals surface area contributed by atoms with Crippen molar-refractivity contribution >= 4 is 29.1 Å². The number of hydrogen-bond acceptors (Lipinski definition) is 1. The van der Waals surface area contributed by atoms with Crippen molar-refractivity contribution in [1.29, 1.82) is 0 Å². The molecule has 176 valence electrons. The number of benzene rings is 2. The summed E-state index contributed by atoms with van der Waals surface area (Å²) in [7, 11) is 0. The van der Waals surface area contributed by atoms with Gasteiger partial charge in [-0.05, 0) is 73.4 Å². The zero-order valence-corrected chi connectivity index (χ0v) is 21.3. The van der Waals surface area contributed by atoms with Crippen LogP contribution in [0, 0.1) is 11.3 Å². The van der Waals surface area contributed by atoms with Crippen LogP contribution < -0.4 is 0 Å². The SMILES string of the molecule is C=CC[C@@]1(C)C[C@H](c2cccc(Cl)c2)[C@@H](c2ccc(Cl)cc2)N(C(CC)CCC2CC2)C1=O. The van der Waals surface area contributed by atoms with Crippen LogP contribution in [-0.4, -0.2) is 16.8 Å². The summed E-state index contributed by atoms with van der Waals surface area (Å²) in [4.78, 5) is 16.5. The van der Waals surface area contributed by atoms with Gasteiger partial charge >= 0.3 is 0 Å². The average Bonchev–Trinajstić information content (AvgIpc) is 3.62. The number of carbonyl (C=O) groups is 1. The Morgan fingerprint density at radius 3 is 2.45 bits per heavy atom. The maximum absolute atomic E-state index is 14.2. The molecule has 1 saturated carbocycles. The standard InChI is InChI=1S/C29H35Cl2NO/c1-4-17-29(3)19-26(22-7-6-8-24(31)18-22)27(21-12-14-23(30)15-13-21)32(28(29)33)25(5-2)16-11-20-9-10-20/h4,6-8,12-15,18,20,25-27H,1,5,9-11,16-17,19H2,2-3H3/t25?,26-,27-,29+/m1/s1. The first kappa shape index (κ1) is 24.4. The molecule has 0 aromatic heterocycles. The Labute approximate surface area is 209 Å². The van der Waals surface area contributed by atoms with E-state index < -0.39 is 5.41 Å². The largest absolute Gasteiger partial charge is 0.332 e. The number of allylic oxidation sites excluding steroid dienone is 1. The van der Waals surface area contributed by atoms with Gasteiger partial charge in [0.15, 0.2) is 0 Å². The Hall–Kier alpha value is -1.77. The smallest absolute Gasteiger partial charge is 0.229 e. The van der Waals surface area contributed by atoms with Gasteiger partial charge in [-0.15, -0.1) is 6.58 Å². The first-order valence-corrected chi connectivity index (χ1v) is 13.1. The molecule has 4 rings (SSSR count). The molecule has 2 nitrogen and oxygen atoms in total. The average molecular weight is 485 g/mol. The topological polar surface area (TPSA) is 20.3 Å². The van der Waals surface area contributed by atoms with Crippen LogP contribution in [0.4, 0.5) is 0 Å². The van der Waals surface area contributed by atoms with E-state index in [9.17, 15) is 4.79 Å². The summed E-state index contributed by atoms with van der Waals surface area (Å²) < 4.78 is 0. The van der Waals surface area contributed by atoms with Crippen molar-refractivity contribution < 1.29 is 4.79 Å². The Bertz CT molecular complexity index is 983. The second-order valence-electron chi connectivity index (χ2n) is 10.2. The van der Waals surface area contributed by atoms with Gasteiger partial charge in [0.05, 0.1) is 11.5 Å². The molecule has 1 aliphatic carbocycles. The summed E-state index contributed by atoms with van der Waals surface area (Å²) in [5, 5.41) is 1.45. The van der Waals surface area contributed by atoms with E-state index in [0.29, 0.717) is 11.4 Å². The molecular formula is C29H35Cl2NO. The minimum absolute atomic E-state index is 0.0460. The third kappa shape index (κ3) is 5.33. The first-order valence-electron chi connectivity index (χ1n) is 12.3. The molecule has 4 atom stereocenters. The second-order valence-corrected chi connectivity index (χ2v) is 11.1. The van der Waals surface area contributed by atoms with Crippen LogP contribution in [0.3, 0.4) is 0 Å². The van der Waals surface area contributed by atoms with Gasteiger partial charge in [0.1, 0.15) is 0 Å². The Kier molecular flexibility index (Phi) is 7.56. The van der Waals surface area contributed by atoms with E-state index in [0.717, 1.165) is 35.8 Å². The van der Waals surface area contributed by atoms with Crippen molar-refractivity contribution in [3.8, 4) is 0 Å². The highest BCUT2D eigenvalue weighted by Crippen LogP contribution is 2.52. The molecule has 2 aliphatic rings. The summed E-state index contributed by atoms with van der Waals surface area (Å²) in [6.07, 6.45) is 9.23. The monoisotopic (exact) mass is 483 g/mol. The van der Waals surface area contributed by atoms with Crippen LogP contribution in [0.2, 0.25) is 10.0 Å². The molecule has 2 aromatic rings. The van der Waals surface area contributed by atoms with Crippen molar-refractivity contribution in [2.75, 3.05) is 0 Å². The minimum Gasteiger partial charge on any atom is -0.332 e. The first-order chi connectivity index (χ1) is 15.9. The Morgan fingerprint density at radius 1 is 1.12 bits per heavy atom. The number of hydrogen-bond donors (Lipinski definition) is 0. The third-order valence-corrected chi connectivity index (χ3v) is 8.14. The van der Waals surface area contributed by atoms with Gasteiger partial charge in [-0.3, -0.25) is 4.79 Å². The van der Waals surface area contributed by atoms with E-state index in [2.05, 4.69) is 49.6 Å². The van der Waals surface area contributed by atoms with Crippen molar-refractivity contribution in [2.24, 2.45) is 11.3 Å². The molecule has 1 amide bonds. The molecule has 0 radical (unpaired) electrons. The molecule has 1 aliphatic heterocycles. The highest BCUT2D eigenvalue weighted by atomic mass is 35.5. The van der Waals surface area contributed by atoms with E-state index in [-0.39, 0.29) is 23.9 Å². The minimum atomic E-state index is -0.481. The van der Waals surface area contributed by atoms with Crippen LogP contribution in [0.5, 0.6) is 0 Å². The highest BCUT2D eigenvalue weighted by molar-refractivity contribution is 6.30. The van der Waals surface area contributed by atoms with Crippen LogP contribution in [0.15, 0.2) is 61.2 Å². The summed E-state index contributed by atoms with van der Waals surface area (Å²) in [5.74, 6) is 1.24. The molecule has 1 saturated heterocycles. The molecule has 33 heavy (non-hydrogen) atoms. The summed E-state index contributed by atoms with van der Waals surface area (Å²) in [6.45, 7) is 8.32. The fourth-order valence-corrected chi connectivity index (χ4v) is 5.99. The van der Waals surface area contributed by atoms with Gasteiger partial charge in [0.25, 0.3) is 0 Å². The van der Waals surface area contributed by atoms with Gasteiger partial charge in [-0.1, -0.05) is 80.2 Å². The quantitative estimate of drug-likeness (QED) is 0.326. The lowest BCUT2D eigenvalue weighted by molar-refractivity contribution is -0.155.